The van der Waals surface area contributed by atoms with E-state index >= 15 is 0 Å². The van der Waals surface area contributed by atoms with E-state index in [2.05, 4.69) is 11.6 Å². The van der Waals surface area contributed by atoms with E-state index in [0.29, 0.717) is 6.04 Å². The summed E-state index contributed by atoms with van der Waals surface area (Å²) in [5.74, 6) is 0.815. The van der Waals surface area contributed by atoms with Crippen LogP contribution in [0, 0.1) is 0 Å². The Morgan fingerprint density at radius 3 is 2.89 bits per heavy atom. The van der Waals surface area contributed by atoms with Gasteiger partial charge in [0.05, 0.1) is 7.11 Å². The number of nitrogens with one attached hydrogen (secondary N) is 1. The lowest BCUT2D eigenvalue weighted by Gasteiger charge is -2.29. The smallest absolute Gasteiger partial charge is 0.122 e. The van der Waals surface area contributed by atoms with Crippen molar-refractivity contribution in [2.75, 3.05) is 24.4 Å². The van der Waals surface area contributed by atoms with Crippen LogP contribution in [0.15, 0.2) is 18.2 Å². The third kappa shape index (κ3) is 3.48. The van der Waals surface area contributed by atoms with E-state index in [-0.39, 0.29) is 0 Å². The maximum Gasteiger partial charge on any atom is 0.122 e. The molecule has 0 spiro atoms. The molecule has 0 saturated heterocycles. The lowest BCUT2D eigenvalue weighted by Crippen LogP contribution is -2.28. The normalized spacial score (nSPS) is 23.7. The second kappa shape index (κ2) is 6.23. The van der Waals surface area contributed by atoms with Crippen molar-refractivity contribution in [1.29, 1.82) is 0 Å². The maximum atomic E-state index is 5.87. The average Bonchev–Trinajstić information content (AvgIpc) is 2.38. The van der Waals surface area contributed by atoms with Gasteiger partial charge < -0.3 is 15.8 Å². The molecule has 18 heavy (non-hydrogen) atoms. The monoisotopic (exact) mass is 266 g/mol. The van der Waals surface area contributed by atoms with Crippen LogP contribution in [0.4, 0.5) is 11.4 Å². The topological polar surface area (TPSA) is 47.3 Å². The second-order valence-corrected chi connectivity index (χ2v) is 6.00. The lowest BCUT2D eigenvalue weighted by molar-refractivity contribution is 0.415. The molecule has 3 N–H and O–H groups in total. The van der Waals surface area contributed by atoms with Crippen LogP contribution in [-0.2, 0) is 0 Å². The third-order valence-electron chi connectivity index (χ3n) is 3.49. The first kappa shape index (κ1) is 13.4. The number of hydrogen-bond acceptors (Lipinski definition) is 4. The highest BCUT2D eigenvalue weighted by Gasteiger charge is 2.21. The van der Waals surface area contributed by atoms with Gasteiger partial charge in [0.25, 0.3) is 0 Å². The molecule has 1 aromatic carbocycles. The molecule has 100 valence electrons. The standard InChI is InChI=1S/C14H22N2OS/c1-17-13-7-10(15)6-12(8-13)16-11-4-3-5-14(9-11)18-2/h6-8,11,14,16H,3-5,9,15H2,1-2H3. The minimum atomic E-state index is 0.558. The summed E-state index contributed by atoms with van der Waals surface area (Å²) in [6.45, 7) is 0. The molecule has 1 saturated carbocycles. The van der Waals surface area contributed by atoms with E-state index in [1.807, 2.05) is 30.0 Å². The molecule has 1 fully saturated rings. The van der Waals surface area contributed by atoms with Gasteiger partial charge in [0.1, 0.15) is 5.75 Å². The highest BCUT2D eigenvalue weighted by molar-refractivity contribution is 7.99. The van der Waals surface area contributed by atoms with Crippen molar-refractivity contribution in [2.24, 2.45) is 0 Å². The maximum absolute atomic E-state index is 5.87. The molecular formula is C14H22N2OS. The van der Waals surface area contributed by atoms with Crippen molar-refractivity contribution in [3.63, 3.8) is 0 Å². The zero-order chi connectivity index (χ0) is 13.0. The molecule has 2 unspecified atom stereocenters. The van der Waals surface area contributed by atoms with E-state index < -0.39 is 0 Å². The summed E-state index contributed by atoms with van der Waals surface area (Å²) in [4.78, 5) is 0. The van der Waals surface area contributed by atoms with Crippen LogP contribution in [0.1, 0.15) is 25.7 Å². The summed E-state index contributed by atoms with van der Waals surface area (Å²) in [5.41, 5.74) is 7.68. The lowest BCUT2D eigenvalue weighted by atomic mass is 9.94. The number of benzene rings is 1. The quantitative estimate of drug-likeness (QED) is 0.820. The van der Waals surface area contributed by atoms with Gasteiger partial charge in [-0.2, -0.15) is 11.8 Å². The molecule has 2 rings (SSSR count). The number of thioether (sulfide) groups is 1. The van der Waals surface area contributed by atoms with Gasteiger partial charge in [0, 0.05) is 34.8 Å². The predicted molar refractivity (Wildman–Crippen MR) is 80.6 cm³/mol. The summed E-state index contributed by atoms with van der Waals surface area (Å²) in [6, 6.07) is 6.39. The Kier molecular flexibility index (Phi) is 4.64. The van der Waals surface area contributed by atoms with Gasteiger partial charge >= 0.3 is 0 Å². The van der Waals surface area contributed by atoms with E-state index in [0.717, 1.165) is 22.4 Å². The summed E-state index contributed by atoms with van der Waals surface area (Å²) >= 11 is 1.98. The Bertz CT molecular complexity index is 397. The number of methoxy groups -OCH3 is 1. The van der Waals surface area contributed by atoms with Crippen molar-refractivity contribution in [3.8, 4) is 5.75 Å². The Balaban J connectivity index is 2.02. The van der Waals surface area contributed by atoms with Crippen LogP contribution < -0.4 is 15.8 Å². The second-order valence-electron chi connectivity index (χ2n) is 4.86. The van der Waals surface area contributed by atoms with Crippen molar-refractivity contribution in [3.05, 3.63) is 18.2 Å². The van der Waals surface area contributed by atoms with Gasteiger partial charge in [-0.3, -0.25) is 0 Å². The van der Waals surface area contributed by atoms with Crippen LogP contribution in [0.5, 0.6) is 5.75 Å². The molecule has 0 radical (unpaired) electrons. The van der Waals surface area contributed by atoms with E-state index in [4.69, 9.17) is 10.5 Å². The molecule has 0 aromatic heterocycles. The van der Waals surface area contributed by atoms with E-state index in [1.165, 1.54) is 25.7 Å². The minimum Gasteiger partial charge on any atom is -0.497 e. The first-order valence-electron chi connectivity index (χ1n) is 6.45. The molecule has 1 aliphatic carbocycles. The molecule has 0 aliphatic heterocycles. The fourth-order valence-electron chi connectivity index (χ4n) is 2.55. The SMILES string of the molecule is COc1cc(N)cc(NC2CCCC(SC)C2)c1. The number of ether oxygens (including phenoxy) is 1. The zero-order valence-corrected chi connectivity index (χ0v) is 11.9. The van der Waals surface area contributed by atoms with Crippen LogP contribution in [-0.4, -0.2) is 24.7 Å². The Morgan fingerprint density at radius 1 is 1.33 bits per heavy atom. The van der Waals surface area contributed by atoms with Gasteiger partial charge in [-0.15, -0.1) is 0 Å². The predicted octanol–water partition coefficient (Wildman–Crippen LogP) is 3.36. The van der Waals surface area contributed by atoms with Crippen molar-refractivity contribution >= 4 is 23.1 Å². The van der Waals surface area contributed by atoms with Crippen molar-refractivity contribution in [2.45, 2.75) is 37.0 Å². The van der Waals surface area contributed by atoms with Gasteiger partial charge in [0.2, 0.25) is 0 Å². The third-order valence-corrected chi connectivity index (χ3v) is 4.59. The van der Waals surface area contributed by atoms with Gasteiger partial charge in [-0.1, -0.05) is 6.42 Å². The van der Waals surface area contributed by atoms with Crippen LogP contribution in [0.2, 0.25) is 0 Å². The van der Waals surface area contributed by atoms with E-state index in [1.54, 1.807) is 7.11 Å². The average molecular weight is 266 g/mol. The van der Waals surface area contributed by atoms with Crippen LogP contribution in [0.3, 0.4) is 0 Å². The summed E-state index contributed by atoms with van der Waals surface area (Å²) in [5, 5.41) is 4.38. The molecule has 0 bridgehead atoms. The molecule has 0 amide bonds. The van der Waals surface area contributed by atoms with Crippen molar-refractivity contribution < 1.29 is 4.74 Å². The molecule has 3 nitrogen and oxygen atoms in total. The van der Waals surface area contributed by atoms with Crippen LogP contribution >= 0.6 is 11.8 Å². The molecule has 2 atom stereocenters. The first-order valence-corrected chi connectivity index (χ1v) is 7.74. The Labute approximate surface area is 113 Å². The number of rotatable bonds is 4. The van der Waals surface area contributed by atoms with Gasteiger partial charge in [0.15, 0.2) is 0 Å². The highest BCUT2D eigenvalue weighted by atomic mass is 32.2. The summed E-state index contributed by atoms with van der Waals surface area (Å²) in [6.07, 6.45) is 7.34. The van der Waals surface area contributed by atoms with Crippen molar-refractivity contribution in [1.82, 2.24) is 0 Å². The fourth-order valence-corrected chi connectivity index (χ4v) is 3.38. The number of nitrogens with two attached hydrogens (primary N) is 1. The van der Waals surface area contributed by atoms with Gasteiger partial charge in [-0.05, 0) is 31.6 Å². The largest absolute Gasteiger partial charge is 0.497 e. The molecule has 1 aromatic rings. The number of anilines is 2. The number of nitrogen functional groups attached to an aromatic ring is 1. The van der Waals surface area contributed by atoms with E-state index in [9.17, 15) is 0 Å². The fraction of sp³-hybridized carbons (Fsp3) is 0.571. The zero-order valence-electron chi connectivity index (χ0n) is 11.1. The Morgan fingerprint density at radius 2 is 2.17 bits per heavy atom. The van der Waals surface area contributed by atoms with Gasteiger partial charge in [-0.25, -0.2) is 0 Å². The molecule has 1 aliphatic rings. The highest BCUT2D eigenvalue weighted by Crippen LogP contribution is 2.30. The van der Waals surface area contributed by atoms with Crippen LogP contribution in [0.25, 0.3) is 0 Å². The molecule has 4 heteroatoms. The minimum absolute atomic E-state index is 0.558. The molecular weight excluding hydrogens is 244 g/mol. The summed E-state index contributed by atoms with van der Waals surface area (Å²) < 4.78 is 5.24. The molecule has 0 heterocycles. The Hall–Kier alpha value is -1.03. The first-order chi connectivity index (χ1) is 8.71. The summed E-state index contributed by atoms with van der Waals surface area (Å²) in [7, 11) is 1.67. The number of hydrogen-bond donors (Lipinski definition) is 2.